The Balaban J connectivity index is 2.97. The molecule has 2 nitrogen and oxygen atoms in total. The van der Waals surface area contributed by atoms with Crippen molar-refractivity contribution in [1.29, 1.82) is 0 Å². The summed E-state index contributed by atoms with van der Waals surface area (Å²) < 4.78 is 13.6. The average molecular weight is 249 g/mol. The molecule has 0 saturated heterocycles. The van der Waals surface area contributed by atoms with E-state index in [0.29, 0.717) is 20.4 Å². The molecule has 0 aliphatic rings. The summed E-state index contributed by atoms with van der Waals surface area (Å²) in [6.45, 7) is 0. The van der Waals surface area contributed by atoms with Crippen molar-refractivity contribution < 1.29 is 4.39 Å². The van der Waals surface area contributed by atoms with E-state index in [9.17, 15) is 4.39 Å². The number of hydrogen-bond acceptors (Lipinski definition) is 1. The first-order valence-electron chi connectivity index (χ1n) is 3.16. The number of halogens is 3. The summed E-state index contributed by atoms with van der Waals surface area (Å²) in [5.41, 5.74) is 0.525. The summed E-state index contributed by atoms with van der Waals surface area (Å²) in [4.78, 5) is 0. The van der Waals surface area contributed by atoms with Gasteiger partial charge in [-0.2, -0.15) is 5.10 Å². The fourth-order valence-corrected chi connectivity index (χ4v) is 1.84. The minimum absolute atomic E-state index is 0.344. The fourth-order valence-electron chi connectivity index (χ4n) is 1.01. The van der Waals surface area contributed by atoms with Gasteiger partial charge < -0.3 is 0 Å². The second-order valence-corrected chi connectivity index (χ2v) is 3.57. The fraction of sp³-hybridized carbons (Fsp3) is 0. The largest absolute Gasteiger partial charge is 0.276 e. The normalized spacial score (nSPS) is 10.9. The number of aromatic amines is 1. The van der Waals surface area contributed by atoms with Crippen LogP contribution in [0.1, 0.15) is 0 Å². The van der Waals surface area contributed by atoms with Crippen molar-refractivity contribution in [3.05, 3.63) is 27.6 Å². The lowest BCUT2D eigenvalue weighted by molar-refractivity contribution is 0.633. The Labute approximate surface area is 80.8 Å². The van der Waals surface area contributed by atoms with Gasteiger partial charge in [-0.1, -0.05) is 11.6 Å². The second kappa shape index (κ2) is 2.71. The van der Waals surface area contributed by atoms with Gasteiger partial charge in [0.25, 0.3) is 0 Å². The summed E-state index contributed by atoms with van der Waals surface area (Å²) in [6.07, 6.45) is 1.40. The first kappa shape index (κ1) is 8.01. The van der Waals surface area contributed by atoms with Crippen LogP contribution in [0.4, 0.5) is 4.39 Å². The van der Waals surface area contributed by atoms with Gasteiger partial charge >= 0.3 is 0 Å². The number of rotatable bonds is 0. The van der Waals surface area contributed by atoms with Crippen LogP contribution in [0.25, 0.3) is 10.9 Å². The molecule has 1 N–H and O–H groups in total. The summed E-state index contributed by atoms with van der Waals surface area (Å²) in [5, 5.41) is 7.16. The maximum atomic E-state index is 13.2. The van der Waals surface area contributed by atoms with Gasteiger partial charge in [0.05, 0.1) is 26.6 Å². The quantitative estimate of drug-likeness (QED) is 0.714. The Morgan fingerprint density at radius 1 is 1.58 bits per heavy atom. The van der Waals surface area contributed by atoms with Gasteiger partial charge in [-0.3, -0.25) is 5.10 Å². The molecule has 2 rings (SSSR count). The van der Waals surface area contributed by atoms with Crippen LogP contribution in [-0.4, -0.2) is 10.2 Å². The molecular formula is C7H3BrClFN2. The Morgan fingerprint density at radius 3 is 3.08 bits per heavy atom. The van der Waals surface area contributed by atoms with Crippen molar-refractivity contribution in [3.8, 4) is 0 Å². The molecule has 62 valence electrons. The van der Waals surface area contributed by atoms with Gasteiger partial charge in [0.2, 0.25) is 0 Å². The molecular weight excluding hydrogens is 246 g/mol. The number of H-pyrrole nitrogens is 1. The molecule has 0 aliphatic heterocycles. The molecule has 0 saturated carbocycles. The Hall–Kier alpha value is -0.610. The minimum Gasteiger partial charge on any atom is -0.276 e. The van der Waals surface area contributed by atoms with E-state index < -0.39 is 0 Å². The lowest BCUT2D eigenvalue weighted by atomic mass is 10.2. The Kier molecular flexibility index (Phi) is 1.81. The molecule has 1 aromatic heterocycles. The van der Waals surface area contributed by atoms with Crippen molar-refractivity contribution in [2.75, 3.05) is 0 Å². The summed E-state index contributed by atoms with van der Waals surface area (Å²) >= 11 is 8.86. The van der Waals surface area contributed by atoms with Crippen molar-refractivity contribution >= 4 is 38.4 Å². The van der Waals surface area contributed by atoms with E-state index in [-0.39, 0.29) is 5.82 Å². The molecule has 0 spiro atoms. The SMILES string of the molecule is Fc1c(Br)cc(Cl)c2[nH]ncc12. The van der Waals surface area contributed by atoms with E-state index in [4.69, 9.17) is 11.6 Å². The van der Waals surface area contributed by atoms with E-state index in [2.05, 4.69) is 26.1 Å². The van der Waals surface area contributed by atoms with Gasteiger partial charge in [-0.15, -0.1) is 0 Å². The predicted octanol–water partition coefficient (Wildman–Crippen LogP) is 3.12. The highest BCUT2D eigenvalue weighted by Gasteiger charge is 2.10. The first-order valence-corrected chi connectivity index (χ1v) is 4.34. The molecule has 5 heteroatoms. The highest BCUT2D eigenvalue weighted by molar-refractivity contribution is 9.10. The van der Waals surface area contributed by atoms with Crippen molar-refractivity contribution in [3.63, 3.8) is 0 Å². The molecule has 0 aliphatic carbocycles. The van der Waals surface area contributed by atoms with Gasteiger partial charge in [-0.25, -0.2) is 4.39 Å². The van der Waals surface area contributed by atoms with E-state index in [1.54, 1.807) is 0 Å². The topological polar surface area (TPSA) is 28.7 Å². The Morgan fingerprint density at radius 2 is 2.33 bits per heavy atom. The van der Waals surface area contributed by atoms with Crippen LogP contribution in [-0.2, 0) is 0 Å². The maximum absolute atomic E-state index is 13.2. The third-order valence-electron chi connectivity index (χ3n) is 1.58. The van der Waals surface area contributed by atoms with Crippen LogP contribution in [0.15, 0.2) is 16.7 Å². The molecule has 0 atom stereocenters. The number of benzene rings is 1. The summed E-state index contributed by atoms with van der Waals surface area (Å²) in [6, 6.07) is 1.50. The van der Waals surface area contributed by atoms with Crippen LogP contribution in [0.3, 0.4) is 0 Å². The molecule has 0 bridgehead atoms. The highest BCUT2D eigenvalue weighted by Crippen LogP contribution is 2.29. The molecule has 0 unspecified atom stereocenters. The summed E-state index contributed by atoms with van der Waals surface area (Å²) in [7, 11) is 0. The smallest absolute Gasteiger partial charge is 0.148 e. The van der Waals surface area contributed by atoms with Gasteiger partial charge in [0.1, 0.15) is 5.82 Å². The van der Waals surface area contributed by atoms with E-state index in [1.165, 1.54) is 12.3 Å². The molecule has 0 amide bonds. The average Bonchev–Trinajstić information content (AvgIpc) is 2.48. The van der Waals surface area contributed by atoms with Crippen molar-refractivity contribution in [2.24, 2.45) is 0 Å². The van der Waals surface area contributed by atoms with Crippen molar-refractivity contribution in [2.45, 2.75) is 0 Å². The molecule has 2 aromatic rings. The van der Waals surface area contributed by atoms with Crippen LogP contribution < -0.4 is 0 Å². The molecule has 1 heterocycles. The second-order valence-electron chi connectivity index (χ2n) is 2.31. The van der Waals surface area contributed by atoms with Crippen molar-refractivity contribution in [1.82, 2.24) is 10.2 Å². The van der Waals surface area contributed by atoms with Gasteiger partial charge in [-0.05, 0) is 22.0 Å². The molecule has 12 heavy (non-hydrogen) atoms. The number of aromatic nitrogens is 2. The van der Waals surface area contributed by atoms with Crippen LogP contribution in [0.2, 0.25) is 5.02 Å². The number of hydrogen-bond donors (Lipinski definition) is 1. The third-order valence-corrected chi connectivity index (χ3v) is 2.45. The number of nitrogens with zero attached hydrogens (tertiary/aromatic N) is 1. The highest BCUT2D eigenvalue weighted by atomic mass is 79.9. The lowest BCUT2D eigenvalue weighted by Crippen LogP contribution is -1.80. The number of fused-ring (bicyclic) bond motifs is 1. The monoisotopic (exact) mass is 248 g/mol. The van der Waals surface area contributed by atoms with Gasteiger partial charge in [0.15, 0.2) is 0 Å². The minimum atomic E-state index is -0.344. The van der Waals surface area contributed by atoms with Gasteiger partial charge in [0, 0.05) is 0 Å². The third kappa shape index (κ3) is 1.03. The zero-order valence-electron chi connectivity index (χ0n) is 5.74. The molecule has 0 radical (unpaired) electrons. The van der Waals surface area contributed by atoms with Crippen LogP contribution in [0, 0.1) is 5.82 Å². The maximum Gasteiger partial charge on any atom is 0.148 e. The van der Waals surface area contributed by atoms with Crippen LogP contribution >= 0.6 is 27.5 Å². The zero-order valence-corrected chi connectivity index (χ0v) is 8.08. The predicted molar refractivity (Wildman–Crippen MR) is 48.8 cm³/mol. The standard InChI is InChI=1S/C7H3BrClFN2/c8-4-1-5(9)7-3(6(4)10)2-11-12-7/h1-2H,(H,11,12). The Bertz CT molecular complexity index is 440. The summed E-state index contributed by atoms with van der Waals surface area (Å²) in [5.74, 6) is -0.344. The van der Waals surface area contributed by atoms with E-state index in [1.807, 2.05) is 0 Å². The zero-order chi connectivity index (χ0) is 8.72. The molecule has 1 aromatic carbocycles. The number of nitrogens with one attached hydrogen (secondary N) is 1. The molecule has 0 fully saturated rings. The van der Waals surface area contributed by atoms with E-state index in [0.717, 1.165) is 0 Å². The van der Waals surface area contributed by atoms with Crippen LogP contribution in [0.5, 0.6) is 0 Å². The lowest BCUT2D eigenvalue weighted by Gasteiger charge is -1.97. The van der Waals surface area contributed by atoms with E-state index >= 15 is 0 Å². The first-order chi connectivity index (χ1) is 5.70.